The first-order valence-electron chi connectivity index (χ1n) is 6.29. The molecule has 0 heterocycles. The molecule has 2 aromatic carbocycles. The number of hydrogen-bond donors (Lipinski definition) is 1. The molecule has 21 heavy (non-hydrogen) atoms. The maximum atomic E-state index is 9.97. The summed E-state index contributed by atoms with van der Waals surface area (Å²) in [4.78, 5) is 0. The summed E-state index contributed by atoms with van der Waals surface area (Å²) in [7, 11) is 0. The second kappa shape index (κ2) is 6.96. The van der Waals surface area contributed by atoms with Gasteiger partial charge in [-0.3, -0.25) is 0 Å². The van der Waals surface area contributed by atoms with Gasteiger partial charge in [0, 0.05) is 12.6 Å². The lowest BCUT2D eigenvalue weighted by atomic mass is 9.78. The van der Waals surface area contributed by atoms with Gasteiger partial charge < -0.3 is 5.11 Å². The second-order valence-electron chi connectivity index (χ2n) is 5.48. The van der Waals surface area contributed by atoms with E-state index in [1.54, 1.807) is 0 Å². The van der Waals surface area contributed by atoms with Crippen LogP contribution in [0, 0.1) is 21.2 Å². The first-order chi connectivity index (χ1) is 9.64. The molecule has 0 aliphatic rings. The van der Waals surface area contributed by atoms with E-state index in [4.69, 9.17) is 0 Å². The Bertz CT molecular complexity index is 602. The number of hydrogen-bond acceptors (Lipinski definition) is 1. The first kappa shape index (κ1) is 18.5. The van der Waals surface area contributed by atoms with Gasteiger partial charge in [0.2, 0.25) is 0 Å². The number of halogens is 4. The van der Waals surface area contributed by atoms with Crippen LogP contribution in [0.25, 0.3) is 0 Å². The summed E-state index contributed by atoms with van der Waals surface area (Å²) in [6.07, 6.45) is 0. The zero-order valence-corrected chi connectivity index (χ0v) is 20.4. The molecule has 2 aromatic rings. The molecular weight excluding hydrogens is 716 g/mol. The molecule has 5 heteroatoms. The fourth-order valence-corrected chi connectivity index (χ4v) is 5.64. The lowest BCUT2D eigenvalue weighted by Crippen LogP contribution is -2.20. The molecule has 2 rings (SSSR count). The molecular formula is C16H14I4O. The van der Waals surface area contributed by atoms with E-state index in [0.29, 0.717) is 5.75 Å². The van der Waals surface area contributed by atoms with Crippen molar-refractivity contribution >= 4 is 90.4 Å². The molecule has 0 saturated heterocycles. The Morgan fingerprint density at radius 1 is 0.762 bits per heavy atom. The first-order valence-corrected chi connectivity index (χ1v) is 10.6. The van der Waals surface area contributed by atoms with Crippen molar-refractivity contribution in [3.63, 3.8) is 0 Å². The molecule has 0 bridgehead atoms. The van der Waals surface area contributed by atoms with E-state index < -0.39 is 0 Å². The highest BCUT2D eigenvalue weighted by Gasteiger charge is 2.26. The van der Waals surface area contributed by atoms with E-state index in [-0.39, 0.29) is 5.41 Å². The highest BCUT2D eigenvalue weighted by Crippen LogP contribution is 2.38. The molecule has 0 amide bonds. The van der Waals surface area contributed by atoms with Crippen molar-refractivity contribution in [2.24, 2.45) is 0 Å². The van der Waals surface area contributed by atoms with Gasteiger partial charge in [0.25, 0.3) is 0 Å². The van der Waals surface area contributed by atoms with Gasteiger partial charge in [-0.05, 0) is 138 Å². The van der Waals surface area contributed by atoms with Gasteiger partial charge in [-0.25, -0.2) is 0 Å². The van der Waals surface area contributed by atoms with Gasteiger partial charge >= 0.3 is 0 Å². The summed E-state index contributed by atoms with van der Waals surface area (Å²) < 4.78 is 4.40. The molecule has 0 aliphatic heterocycles. The van der Waals surface area contributed by atoms with Crippen molar-refractivity contribution in [3.8, 4) is 5.75 Å². The van der Waals surface area contributed by atoms with Crippen LogP contribution in [0.1, 0.15) is 30.5 Å². The zero-order chi connectivity index (χ0) is 15.9. The minimum Gasteiger partial charge on any atom is -0.506 e. The van der Waals surface area contributed by atoms with Crippen LogP contribution in [0.5, 0.6) is 5.75 Å². The van der Waals surface area contributed by atoms with Gasteiger partial charge in [0.15, 0.2) is 0 Å². The fourth-order valence-electron chi connectivity index (χ4n) is 2.10. The largest absolute Gasteiger partial charge is 0.506 e. The van der Waals surface area contributed by atoms with Gasteiger partial charge in [0.1, 0.15) is 5.75 Å². The molecule has 0 atom stereocenters. The van der Waals surface area contributed by atoms with Crippen LogP contribution in [-0.2, 0) is 5.41 Å². The van der Waals surface area contributed by atoms with E-state index in [2.05, 4.69) is 135 Å². The van der Waals surface area contributed by atoms with Crippen LogP contribution < -0.4 is 0 Å². The number of rotatable bonds is 2. The van der Waals surface area contributed by atoms with Gasteiger partial charge in [-0.2, -0.15) is 0 Å². The number of aromatic hydroxyl groups is 1. The molecule has 112 valence electrons. The van der Waals surface area contributed by atoms with Crippen molar-refractivity contribution in [1.29, 1.82) is 0 Å². The average molecular weight is 730 g/mol. The topological polar surface area (TPSA) is 20.2 Å². The zero-order valence-electron chi connectivity index (χ0n) is 11.8. The van der Waals surface area contributed by atoms with E-state index in [1.807, 2.05) is 0 Å². The predicted molar refractivity (Wildman–Crippen MR) is 122 cm³/mol. The van der Waals surface area contributed by atoms with Crippen LogP contribution in [-0.4, -0.2) is 5.11 Å². The van der Waals surface area contributed by atoms with Crippen molar-refractivity contribution in [2.75, 3.05) is 0 Å². The molecule has 0 radical (unpaired) electrons. The SMILES string of the molecule is Cc1c(I)cc(C(C)(C)c2cc(I)c(O)c(I)c2)cc1I. The molecule has 0 unspecified atom stereocenters. The Morgan fingerprint density at radius 2 is 1.10 bits per heavy atom. The summed E-state index contributed by atoms with van der Waals surface area (Å²) >= 11 is 9.20. The van der Waals surface area contributed by atoms with Crippen LogP contribution >= 0.6 is 90.4 Å². The third kappa shape index (κ3) is 3.81. The predicted octanol–water partition coefficient (Wildman–Crippen LogP) is 6.44. The lowest BCUT2D eigenvalue weighted by Gasteiger charge is -2.28. The van der Waals surface area contributed by atoms with Gasteiger partial charge in [-0.1, -0.05) is 13.8 Å². The minimum atomic E-state index is -0.0961. The third-order valence-corrected chi connectivity index (χ3v) is 7.63. The molecule has 1 N–H and O–H groups in total. The Balaban J connectivity index is 2.61. The van der Waals surface area contributed by atoms with Crippen LogP contribution in [0.15, 0.2) is 24.3 Å². The fraction of sp³-hybridized carbons (Fsp3) is 0.250. The van der Waals surface area contributed by atoms with Crippen molar-refractivity contribution < 1.29 is 5.11 Å². The Morgan fingerprint density at radius 3 is 1.48 bits per heavy atom. The van der Waals surface area contributed by atoms with Crippen LogP contribution in [0.2, 0.25) is 0 Å². The molecule has 0 spiro atoms. The summed E-state index contributed by atoms with van der Waals surface area (Å²) in [6, 6.07) is 8.70. The molecule has 0 aromatic heterocycles. The monoisotopic (exact) mass is 730 g/mol. The molecule has 1 nitrogen and oxygen atoms in total. The van der Waals surface area contributed by atoms with Crippen LogP contribution in [0.3, 0.4) is 0 Å². The van der Waals surface area contributed by atoms with Crippen molar-refractivity contribution in [3.05, 3.63) is 55.2 Å². The van der Waals surface area contributed by atoms with Gasteiger partial charge in [-0.15, -0.1) is 0 Å². The molecule has 0 aliphatic carbocycles. The Labute approximate surface area is 180 Å². The normalized spacial score (nSPS) is 11.8. The molecule has 0 fully saturated rings. The quantitative estimate of drug-likeness (QED) is 0.353. The van der Waals surface area contributed by atoms with Crippen molar-refractivity contribution in [2.45, 2.75) is 26.2 Å². The number of phenols is 1. The second-order valence-corrected chi connectivity index (χ2v) is 10.1. The van der Waals surface area contributed by atoms with Gasteiger partial charge in [0.05, 0.1) is 7.14 Å². The summed E-state index contributed by atoms with van der Waals surface area (Å²) in [5.74, 6) is 0.379. The van der Waals surface area contributed by atoms with E-state index >= 15 is 0 Å². The summed E-state index contributed by atoms with van der Waals surface area (Å²) in [6.45, 7) is 6.64. The highest BCUT2D eigenvalue weighted by molar-refractivity contribution is 14.1. The van der Waals surface area contributed by atoms with E-state index in [0.717, 1.165) is 7.14 Å². The van der Waals surface area contributed by atoms with Crippen molar-refractivity contribution in [1.82, 2.24) is 0 Å². The Kier molecular flexibility index (Phi) is 6.13. The Hall–Kier alpha value is 1.16. The lowest BCUT2D eigenvalue weighted by molar-refractivity contribution is 0.466. The molecule has 0 saturated carbocycles. The highest BCUT2D eigenvalue weighted by atomic mass is 127. The smallest absolute Gasteiger partial charge is 0.142 e. The summed E-state index contributed by atoms with van der Waals surface area (Å²) in [5, 5.41) is 9.97. The maximum absolute atomic E-state index is 9.97. The standard InChI is InChI=1S/C16H14I4O/c1-8-11(17)4-9(5-12(8)18)16(2,3)10-6-13(19)15(21)14(20)7-10/h4-7,21H,1-3H3. The van der Waals surface area contributed by atoms with E-state index in [1.165, 1.54) is 23.8 Å². The van der Waals surface area contributed by atoms with E-state index in [9.17, 15) is 5.11 Å². The summed E-state index contributed by atoms with van der Waals surface area (Å²) in [5.41, 5.74) is 3.77. The maximum Gasteiger partial charge on any atom is 0.142 e. The number of phenolic OH excluding ortho intramolecular Hbond substituents is 1. The average Bonchev–Trinajstić information content (AvgIpc) is 2.40. The minimum absolute atomic E-state index is 0.0961. The van der Waals surface area contributed by atoms with Crippen LogP contribution in [0.4, 0.5) is 0 Å². The third-order valence-electron chi connectivity index (χ3n) is 3.74. The number of benzene rings is 2.